The summed E-state index contributed by atoms with van der Waals surface area (Å²) in [4.78, 5) is 26.9. The van der Waals surface area contributed by atoms with E-state index in [9.17, 15) is 14.7 Å². The van der Waals surface area contributed by atoms with Crippen LogP contribution in [0.3, 0.4) is 0 Å². The van der Waals surface area contributed by atoms with Crippen LogP contribution < -0.4 is 4.74 Å². The van der Waals surface area contributed by atoms with Gasteiger partial charge in [-0.05, 0) is 60.7 Å². The predicted octanol–water partition coefficient (Wildman–Crippen LogP) is 6.22. The van der Waals surface area contributed by atoms with E-state index in [4.69, 9.17) is 9.47 Å². The van der Waals surface area contributed by atoms with Crippen LogP contribution in [-0.4, -0.2) is 34.8 Å². The van der Waals surface area contributed by atoms with Crippen LogP contribution in [0.25, 0.3) is 11.1 Å². The summed E-state index contributed by atoms with van der Waals surface area (Å²) in [7, 11) is 1.32. The molecular weight excluding hydrogens is 430 g/mol. The summed E-state index contributed by atoms with van der Waals surface area (Å²) in [5, 5.41) is 9.83. The summed E-state index contributed by atoms with van der Waals surface area (Å²) in [6, 6.07) is 21.8. The molecule has 1 aliphatic carbocycles. The number of hydrogen-bond acceptors (Lipinski definition) is 4. The number of aliphatic carboxylic acids is 1. The highest BCUT2D eigenvalue weighted by Crippen LogP contribution is 2.49. The number of carboxylic acids is 1. The molecule has 4 rings (SSSR count). The molecule has 176 valence electrons. The highest BCUT2D eigenvalue weighted by atomic mass is 16.5. The Kier molecular flexibility index (Phi) is 6.33. The second-order valence-corrected chi connectivity index (χ2v) is 9.35. The van der Waals surface area contributed by atoms with E-state index >= 15 is 0 Å². The first-order chi connectivity index (χ1) is 16.2. The number of benzene rings is 3. The van der Waals surface area contributed by atoms with Gasteiger partial charge in [0.25, 0.3) is 0 Å². The van der Waals surface area contributed by atoms with E-state index < -0.39 is 29.7 Å². The second-order valence-electron chi connectivity index (χ2n) is 9.35. The van der Waals surface area contributed by atoms with Crippen molar-refractivity contribution in [1.29, 1.82) is 0 Å². The van der Waals surface area contributed by atoms with Gasteiger partial charge in [0, 0.05) is 0 Å². The first-order valence-corrected chi connectivity index (χ1v) is 11.2. The minimum atomic E-state index is -1.01. The molecule has 1 unspecified atom stereocenters. The van der Waals surface area contributed by atoms with Crippen LogP contribution in [0, 0.1) is 0 Å². The van der Waals surface area contributed by atoms with Crippen molar-refractivity contribution in [2.45, 2.75) is 44.9 Å². The first-order valence-electron chi connectivity index (χ1n) is 11.2. The highest BCUT2D eigenvalue weighted by Gasteiger charge is 2.41. The van der Waals surface area contributed by atoms with Crippen LogP contribution >= 0.6 is 0 Å². The molecule has 1 aliphatic rings. The van der Waals surface area contributed by atoms with Gasteiger partial charge in [-0.3, -0.25) is 9.69 Å². The number of hydrogen-bond donors (Lipinski definition) is 1. The molecule has 6 heteroatoms. The number of amides is 1. The van der Waals surface area contributed by atoms with Crippen molar-refractivity contribution in [2.24, 2.45) is 0 Å². The molecular formula is C28H29NO5. The maximum absolute atomic E-state index is 13.3. The maximum Gasteiger partial charge on any atom is 0.410 e. The zero-order valence-electron chi connectivity index (χ0n) is 19.8. The van der Waals surface area contributed by atoms with Gasteiger partial charge in [-0.25, -0.2) is 4.79 Å². The zero-order chi connectivity index (χ0) is 24.5. The number of methoxy groups -OCH3 is 1. The van der Waals surface area contributed by atoms with E-state index in [1.54, 1.807) is 4.90 Å². The van der Waals surface area contributed by atoms with Crippen molar-refractivity contribution >= 4 is 12.1 Å². The Hall–Kier alpha value is -3.80. The Labute approximate surface area is 199 Å². The molecule has 0 aromatic heterocycles. The van der Waals surface area contributed by atoms with E-state index in [0.29, 0.717) is 11.3 Å². The number of carbonyl (C=O) groups is 2. The van der Waals surface area contributed by atoms with Crippen molar-refractivity contribution < 1.29 is 24.2 Å². The van der Waals surface area contributed by atoms with Crippen LogP contribution in [-0.2, 0) is 9.53 Å². The third-order valence-electron chi connectivity index (χ3n) is 5.84. The van der Waals surface area contributed by atoms with Crippen molar-refractivity contribution in [3.63, 3.8) is 0 Å². The zero-order valence-corrected chi connectivity index (χ0v) is 19.8. The molecule has 0 bridgehead atoms. The average molecular weight is 460 g/mol. The molecule has 0 radical (unpaired) electrons. The lowest BCUT2D eigenvalue weighted by molar-refractivity contribution is -0.138. The molecule has 3 aromatic rings. The Balaban J connectivity index is 1.88. The van der Waals surface area contributed by atoms with Gasteiger partial charge in [-0.15, -0.1) is 0 Å². The van der Waals surface area contributed by atoms with Gasteiger partial charge in [0.2, 0.25) is 0 Å². The molecule has 3 aromatic carbocycles. The topological polar surface area (TPSA) is 76.1 Å². The Morgan fingerprint density at radius 3 is 2.06 bits per heavy atom. The molecule has 0 heterocycles. The number of carboxylic acid groups (broad SMARTS) is 1. The summed E-state index contributed by atoms with van der Waals surface area (Å²) in [6.45, 7) is 5.84. The number of fused-ring (bicyclic) bond motifs is 3. The molecule has 0 saturated heterocycles. The number of carbonyl (C=O) groups excluding carboxylic acids is 1. The average Bonchev–Trinajstić information content (AvgIpc) is 3.12. The molecule has 34 heavy (non-hydrogen) atoms. The summed E-state index contributed by atoms with van der Waals surface area (Å²) >= 11 is 0. The Morgan fingerprint density at radius 2 is 1.53 bits per heavy atom. The number of rotatable bonds is 6. The first kappa shape index (κ1) is 23.4. The lowest BCUT2D eigenvalue weighted by Crippen LogP contribution is -2.39. The summed E-state index contributed by atoms with van der Waals surface area (Å²) in [5.74, 6) is -0.405. The SMILES string of the molecule is COC(=O)N(C(CC(=O)O)c1cccc(OC(C)(C)C)c1)C1c2ccccc2-c2ccccc21. The highest BCUT2D eigenvalue weighted by molar-refractivity contribution is 5.82. The fourth-order valence-corrected chi connectivity index (χ4v) is 4.63. The van der Waals surface area contributed by atoms with Gasteiger partial charge >= 0.3 is 12.1 Å². The van der Waals surface area contributed by atoms with Crippen molar-refractivity contribution in [2.75, 3.05) is 7.11 Å². The van der Waals surface area contributed by atoms with E-state index in [1.807, 2.05) is 93.6 Å². The van der Waals surface area contributed by atoms with Gasteiger partial charge in [0.15, 0.2) is 0 Å². The lowest BCUT2D eigenvalue weighted by atomic mass is 9.96. The number of nitrogens with zero attached hydrogens (tertiary/aromatic N) is 1. The molecule has 1 atom stereocenters. The molecule has 0 saturated carbocycles. The molecule has 1 amide bonds. The van der Waals surface area contributed by atoms with Gasteiger partial charge in [0.05, 0.1) is 25.6 Å². The van der Waals surface area contributed by atoms with Crippen LogP contribution in [0.15, 0.2) is 72.8 Å². The monoisotopic (exact) mass is 459 g/mol. The Bertz CT molecular complexity index is 1170. The second kappa shape index (κ2) is 9.21. The normalized spacial score (nSPS) is 13.5. The fourth-order valence-electron chi connectivity index (χ4n) is 4.63. The third-order valence-corrected chi connectivity index (χ3v) is 5.84. The molecule has 0 spiro atoms. The minimum Gasteiger partial charge on any atom is -0.488 e. The van der Waals surface area contributed by atoms with Crippen LogP contribution in [0.4, 0.5) is 4.79 Å². The summed E-state index contributed by atoms with van der Waals surface area (Å²) < 4.78 is 11.2. The van der Waals surface area contributed by atoms with Crippen LogP contribution in [0.5, 0.6) is 5.75 Å². The molecule has 0 aliphatic heterocycles. The van der Waals surface area contributed by atoms with E-state index in [1.165, 1.54) is 7.11 Å². The fraction of sp³-hybridized carbons (Fsp3) is 0.286. The lowest BCUT2D eigenvalue weighted by Gasteiger charge is -2.36. The van der Waals surface area contributed by atoms with E-state index in [2.05, 4.69) is 0 Å². The molecule has 0 fully saturated rings. The minimum absolute atomic E-state index is 0.283. The maximum atomic E-state index is 13.3. The van der Waals surface area contributed by atoms with Gasteiger partial charge < -0.3 is 14.6 Å². The van der Waals surface area contributed by atoms with Gasteiger partial charge in [0.1, 0.15) is 11.4 Å². The van der Waals surface area contributed by atoms with Crippen LogP contribution in [0.2, 0.25) is 0 Å². The van der Waals surface area contributed by atoms with Crippen LogP contribution in [0.1, 0.15) is 56.0 Å². The van der Waals surface area contributed by atoms with Crippen molar-refractivity contribution in [1.82, 2.24) is 4.90 Å². The summed E-state index contributed by atoms with van der Waals surface area (Å²) in [6.07, 6.45) is -0.876. The standard InChI is InChI=1S/C28H29NO5/c1-28(2,3)34-19-11-9-10-18(16-19)24(17-25(30)31)29(27(32)33-4)26-22-14-7-5-12-20(22)21-13-6-8-15-23(21)26/h5-16,24,26H,17H2,1-4H3,(H,30,31). The number of ether oxygens (including phenoxy) is 2. The van der Waals surface area contributed by atoms with Crippen molar-refractivity contribution in [3.05, 3.63) is 89.5 Å². The smallest absolute Gasteiger partial charge is 0.410 e. The molecule has 1 N–H and O–H groups in total. The van der Waals surface area contributed by atoms with Gasteiger partial charge in [-0.2, -0.15) is 0 Å². The largest absolute Gasteiger partial charge is 0.488 e. The summed E-state index contributed by atoms with van der Waals surface area (Å²) in [5.41, 5.74) is 4.16. The predicted molar refractivity (Wildman–Crippen MR) is 130 cm³/mol. The van der Waals surface area contributed by atoms with E-state index in [0.717, 1.165) is 22.3 Å². The third kappa shape index (κ3) is 4.62. The molecule has 6 nitrogen and oxygen atoms in total. The van der Waals surface area contributed by atoms with E-state index in [-0.39, 0.29) is 6.42 Å². The Morgan fingerprint density at radius 1 is 0.941 bits per heavy atom. The van der Waals surface area contributed by atoms with Gasteiger partial charge in [-0.1, -0.05) is 60.7 Å². The quantitative estimate of drug-likeness (QED) is 0.474. The van der Waals surface area contributed by atoms with Crippen molar-refractivity contribution in [3.8, 4) is 16.9 Å².